The Morgan fingerprint density at radius 2 is 1.23 bits per heavy atom. The molecule has 13 heavy (non-hydrogen) atoms. The summed E-state index contributed by atoms with van der Waals surface area (Å²) in [6.45, 7) is 0. The first kappa shape index (κ1) is 17.8. The molecule has 0 aromatic heterocycles. The maximum atomic E-state index is 9.08. The van der Waals surface area contributed by atoms with Crippen LogP contribution >= 0.6 is 0 Å². The predicted molar refractivity (Wildman–Crippen MR) is 39.7 cm³/mol. The smallest absolute Gasteiger partial charge is 0.0895 e. The van der Waals surface area contributed by atoms with Gasteiger partial charge in [0.2, 0.25) is 0 Å². The van der Waals surface area contributed by atoms with Gasteiger partial charge in [-0.05, 0) is 10.4 Å². The number of rotatable bonds is 4. The molecule has 0 aliphatic carbocycles. The van der Waals surface area contributed by atoms with Crippen LogP contribution in [0.25, 0.3) is 0 Å². The largest absolute Gasteiger partial charge is 0.292 e. The molecule has 0 rings (SSSR count). The molecule has 0 bridgehead atoms. The van der Waals surface area contributed by atoms with E-state index in [1.165, 1.54) is 0 Å². The van der Waals surface area contributed by atoms with Crippen molar-refractivity contribution in [2.45, 2.75) is 0 Å². The summed E-state index contributed by atoms with van der Waals surface area (Å²) in [5.74, 6) is 0. The quantitative estimate of drug-likeness (QED) is 0.336. The molecule has 0 fully saturated rings. The maximum absolute atomic E-state index is 9.08. The first-order chi connectivity index (χ1) is 5.83. The zero-order chi connectivity index (χ0) is 9.66. The molecule has 0 saturated carbocycles. The van der Waals surface area contributed by atoms with Crippen LogP contribution in [0.2, 0.25) is 0 Å². The molecule has 0 unspecified atom stereocenters. The normalized spacial score (nSPS) is 8.15. The fraction of sp³-hybridized carbons (Fsp3) is 0. The molecule has 9 heteroatoms. The summed E-state index contributed by atoms with van der Waals surface area (Å²) in [5.41, 5.74) is 3.19. The SMILES string of the molecule is O=N/C=C\NO.O=N/C=C\NO.[Pd]. The Morgan fingerprint density at radius 3 is 1.31 bits per heavy atom. The summed E-state index contributed by atoms with van der Waals surface area (Å²) in [4.78, 5) is 18.2. The van der Waals surface area contributed by atoms with Crippen molar-refractivity contribution in [1.82, 2.24) is 11.0 Å². The third-order valence-corrected chi connectivity index (χ3v) is 0.420. The van der Waals surface area contributed by atoms with Crippen molar-refractivity contribution >= 4 is 0 Å². The van der Waals surface area contributed by atoms with E-state index in [9.17, 15) is 0 Å². The first-order valence-corrected chi connectivity index (χ1v) is 2.57. The van der Waals surface area contributed by atoms with Gasteiger partial charge in [-0.3, -0.25) is 21.4 Å². The molecule has 0 heterocycles. The molecule has 0 amide bonds. The summed E-state index contributed by atoms with van der Waals surface area (Å²) >= 11 is 0. The van der Waals surface area contributed by atoms with Gasteiger partial charge in [-0.25, -0.2) is 0 Å². The summed E-state index contributed by atoms with van der Waals surface area (Å²) in [6.07, 6.45) is 3.79. The van der Waals surface area contributed by atoms with Gasteiger partial charge in [0.05, 0.1) is 12.4 Å². The van der Waals surface area contributed by atoms with Crippen molar-refractivity contribution in [3.05, 3.63) is 34.6 Å². The Balaban J connectivity index is -0.000000143. The second-order valence-electron chi connectivity index (χ2n) is 1.10. The molecule has 0 aliphatic rings. The van der Waals surface area contributed by atoms with E-state index < -0.39 is 0 Å². The number of hydrogen-bond donors (Lipinski definition) is 4. The molecule has 4 N–H and O–H groups in total. The maximum Gasteiger partial charge on any atom is 0.0895 e. The third-order valence-electron chi connectivity index (χ3n) is 0.420. The van der Waals surface area contributed by atoms with Crippen LogP contribution in [0.15, 0.2) is 35.2 Å². The van der Waals surface area contributed by atoms with Crippen LogP contribution in [0.3, 0.4) is 0 Å². The van der Waals surface area contributed by atoms with Crippen molar-refractivity contribution in [2.75, 3.05) is 0 Å². The van der Waals surface area contributed by atoms with Crippen LogP contribution in [0.1, 0.15) is 0 Å². The van der Waals surface area contributed by atoms with Crippen molar-refractivity contribution in [1.29, 1.82) is 0 Å². The van der Waals surface area contributed by atoms with Gasteiger partial charge < -0.3 is 0 Å². The van der Waals surface area contributed by atoms with E-state index in [4.69, 9.17) is 20.2 Å². The van der Waals surface area contributed by atoms with E-state index in [0.717, 1.165) is 24.8 Å². The van der Waals surface area contributed by atoms with Crippen LogP contribution in [-0.2, 0) is 20.4 Å². The molecule has 78 valence electrons. The second kappa shape index (κ2) is 22.4. The topological polar surface area (TPSA) is 123 Å². The minimum Gasteiger partial charge on any atom is -0.292 e. The Bertz CT molecular complexity index is 144. The third kappa shape index (κ3) is 36.1. The van der Waals surface area contributed by atoms with E-state index in [0.29, 0.717) is 0 Å². The van der Waals surface area contributed by atoms with Gasteiger partial charge in [0.1, 0.15) is 0 Å². The van der Waals surface area contributed by atoms with E-state index in [1.807, 2.05) is 0 Å². The Morgan fingerprint density at radius 1 is 0.923 bits per heavy atom. The van der Waals surface area contributed by atoms with Crippen LogP contribution in [0.4, 0.5) is 0 Å². The van der Waals surface area contributed by atoms with Gasteiger partial charge in [0.25, 0.3) is 0 Å². The molecule has 0 radical (unpaired) electrons. The molecule has 0 atom stereocenters. The number of nitrogens with one attached hydrogen (secondary N) is 2. The van der Waals surface area contributed by atoms with E-state index in [2.05, 4.69) is 10.4 Å². The van der Waals surface area contributed by atoms with Crippen LogP contribution in [0.5, 0.6) is 0 Å². The first-order valence-electron chi connectivity index (χ1n) is 2.57. The van der Waals surface area contributed by atoms with Gasteiger partial charge in [0, 0.05) is 32.8 Å². The summed E-state index contributed by atoms with van der Waals surface area (Å²) < 4.78 is 0. The minimum atomic E-state index is 0. The summed E-state index contributed by atoms with van der Waals surface area (Å²) in [6, 6.07) is 0. The molecule has 8 nitrogen and oxygen atoms in total. The van der Waals surface area contributed by atoms with Gasteiger partial charge in [-0.15, -0.1) is 9.81 Å². The average molecular weight is 283 g/mol. The van der Waals surface area contributed by atoms with Crippen molar-refractivity contribution in [3.63, 3.8) is 0 Å². The number of nitrogens with zero attached hydrogens (tertiary/aromatic N) is 2. The number of nitroso groups, excluding NO2 is 2. The Kier molecular flexibility index (Phi) is 30.8. The van der Waals surface area contributed by atoms with Gasteiger partial charge in [-0.2, -0.15) is 0 Å². The summed E-state index contributed by atoms with van der Waals surface area (Å²) in [7, 11) is 0. The van der Waals surface area contributed by atoms with Gasteiger partial charge in [0.15, 0.2) is 0 Å². The summed E-state index contributed by atoms with van der Waals surface area (Å²) in [5, 5.41) is 19.9. The van der Waals surface area contributed by atoms with Crippen molar-refractivity contribution < 1.29 is 30.8 Å². The molecule has 0 saturated heterocycles. The van der Waals surface area contributed by atoms with Crippen LogP contribution < -0.4 is 11.0 Å². The zero-order valence-corrected chi connectivity index (χ0v) is 7.79. The van der Waals surface area contributed by atoms with Crippen molar-refractivity contribution in [3.8, 4) is 0 Å². The van der Waals surface area contributed by atoms with Crippen molar-refractivity contribution in [2.24, 2.45) is 10.4 Å². The zero-order valence-electron chi connectivity index (χ0n) is 6.23. The van der Waals surface area contributed by atoms with Gasteiger partial charge >= 0.3 is 0 Å². The van der Waals surface area contributed by atoms with Crippen LogP contribution in [-0.4, -0.2) is 10.4 Å². The molecule has 0 aromatic rings. The number of hydrogen-bond acceptors (Lipinski definition) is 8. The minimum absolute atomic E-state index is 0. The van der Waals surface area contributed by atoms with E-state index in [-0.39, 0.29) is 20.4 Å². The molecule has 0 aromatic carbocycles. The molecule has 0 spiro atoms. The Hall–Kier alpha value is -1.14. The fourth-order valence-corrected chi connectivity index (χ4v) is 0.128. The van der Waals surface area contributed by atoms with E-state index >= 15 is 0 Å². The van der Waals surface area contributed by atoms with Crippen LogP contribution in [0, 0.1) is 9.81 Å². The standard InChI is InChI=1S/2C2H4N2O2.Pd/c2*5-3-1-2-4-6;/h2*1-3,5H;/b2*2-1-;. The molecular formula is C4H8N4O4Pd. The monoisotopic (exact) mass is 282 g/mol. The average Bonchev–Trinajstić information content (AvgIpc) is 2.12. The second-order valence-corrected chi connectivity index (χ2v) is 1.10. The molecule has 0 aliphatic heterocycles. The predicted octanol–water partition coefficient (Wildman–Crippen LogP) is 0.403. The number of hydroxylamine groups is 2. The fourth-order valence-electron chi connectivity index (χ4n) is 0.128. The molecular weight excluding hydrogens is 274 g/mol. The van der Waals surface area contributed by atoms with E-state index in [1.54, 1.807) is 11.0 Å². The van der Waals surface area contributed by atoms with Gasteiger partial charge in [-0.1, -0.05) is 0 Å². The Labute approximate surface area is 87.2 Å².